The highest BCUT2D eigenvalue weighted by Crippen LogP contribution is 2.14. The van der Waals surface area contributed by atoms with Crippen molar-refractivity contribution in [3.8, 4) is 0 Å². The van der Waals surface area contributed by atoms with Gasteiger partial charge < -0.3 is 4.74 Å². The molecular weight excluding hydrogens is 228 g/mol. The van der Waals surface area contributed by atoms with Crippen LogP contribution in [-0.2, 0) is 19.4 Å². The largest absolute Gasteiger partial charge is 0.469 e. The first kappa shape index (κ1) is 12.7. The molecule has 0 aromatic heterocycles. The average molecular weight is 242 g/mol. The highest BCUT2D eigenvalue weighted by atomic mass is 32.2. The third-order valence-corrected chi connectivity index (χ3v) is 4.10. The maximum absolute atomic E-state index is 11.9. The van der Waals surface area contributed by atoms with Gasteiger partial charge in [0, 0.05) is 0 Å². The molecule has 0 saturated carbocycles. The molecule has 1 atom stereocenters. The zero-order valence-electron chi connectivity index (χ0n) is 9.21. The van der Waals surface area contributed by atoms with Crippen LogP contribution in [0.3, 0.4) is 0 Å². The van der Waals surface area contributed by atoms with Gasteiger partial charge in [-0.15, -0.1) is 0 Å². The summed E-state index contributed by atoms with van der Waals surface area (Å²) < 4.78 is 28.2. The van der Waals surface area contributed by atoms with Gasteiger partial charge in [-0.1, -0.05) is 25.1 Å². The number of carbonyl (C=O) groups is 1. The van der Waals surface area contributed by atoms with Gasteiger partial charge in [-0.05, 0) is 12.1 Å². The summed E-state index contributed by atoms with van der Waals surface area (Å²) in [6.45, 7) is 1.53. The predicted octanol–water partition coefficient (Wildman–Crippen LogP) is 1.27. The molecule has 1 aromatic rings. The Morgan fingerprint density at radius 2 is 1.88 bits per heavy atom. The number of ether oxygens (including phenoxy) is 1. The predicted molar refractivity (Wildman–Crippen MR) is 59.7 cm³/mol. The van der Waals surface area contributed by atoms with Gasteiger partial charge in [-0.2, -0.15) is 0 Å². The van der Waals surface area contributed by atoms with E-state index >= 15 is 0 Å². The molecule has 0 fully saturated rings. The zero-order chi connectivity index (χ0) is 12.2. The van der Waals surface area contributed by atoms with Crippen LogP contribution in [-0.4, -0.2) is 27.2 Å². The molecule has 16 heavy (non-hydrogen) atoms. The molecule has 0 amide bonds. The van der Waals surface area contributed by atoms with Crippen molar-refractivity contribution < 1.29 is 17.9 Å². The molecule has 88 valence electrons. The smallest absolute Gasteiger partial charge is 0.309 e. The maximum atomic E-state index is 11.9. The molecule has 1 rings (SSSR count). The molecule has 0 spiro atoms. The Balaban J connectivity index is 2.85. The fraction of sp³-hybridized carbons (Fsp3) is 0.364. The molecule has 0 heterocycles. The van der Waals surface area contributed by atoms with Crippen LogP contribution < -0.4 is 0 Å². The zero-order valence-corrected chi connectivity index (χ0v) is 10.0. The highest BCUT2D eigenvalue weighted by molar-refractivity contribution is 7.91. The monoisotopic (exact) mass is 242 g/mol. The summed E-state index contributed by atoms with van der Waals surface area (Å²) in [5.74, 6) is -1.40. The van der Waals surface area contributed by atoms with Crippen LogP contribution in [0.25, 0.3) is 0 Å². The lowest BCUT2D eigenvalue weighted by Crippen LogP contribution is -2.22. The lowest BCUT2D eigenvalue weighted by atomic mass is 10.2. The second kappa shape index (κ2) is 5.12. The van der Waals surface area contributed by atoms with Gasteiger partial charge >= 0.3 is 5.97 Å². The van der Waals surface area contributed by atoms with Crippen molar-refractivity contribution in [2.45, 2.75) is 11.8 Å². The first-order valence-electron chi connectivity index (χ1n) is 4.83. The van der Waals surface area contributed by atoms with Crippen LogP contribution in [0, 0.1) is 5.92 Å². The summed E-state index contributed by atoms with van der Waals surface area (Å²) in [6, 6.07) is 8.06. The number of rotatable bonds is 4. The van der Waals surface area contributed by atoms with E-state index in [1.807, 2.05) is 0 Å². The van der Waals surface area contributed by atoms with Crippen molar-refractivity contribution >= 4 is 15.8 Å². The molecule has 0 N–H and O–H groups in total. The third kappa shape index (κ3) is 3.06. The van der Waals surface area contributed by atoms with Crippen LogP contribution >= 0.6 is 0 Å². The summed E-state index contributed by atoms with van der Waals surface area (Å²) in [7, 11) is -2.17. The van der Waals surface area contributed by atoms with E-state index in [1.165, 1.54) is 26.2 Å². The van der Waals surface area contributed by atoms with E-state index in [-0.39, 0.29) is 10.6 Å². The van der Waals surface area contributed by atoms with E-state index in [0.29, 0.717) is 0 Å². The first-order valence-corrected chi connectivity index (χ1v) is 6.48. The molecular formula is C11H14O4S. The van der Waals surface area contributed by atoms with E-state index in [4.69, 9.17) is 0 Å². The molecule has 4 nitrogen and oxygen atoms in total. The van der Waals surface area contributed by atoms with Gasteiger partial charge in [-0.3, -0.25) is 4.79 Å². The van der Waals surface area contributed by atoms with Crippen molar-refractivity contribution in [2.24, 2.45) is 5.92 Å². The minimum atomic E-state index is -3.42. The number of sulfone groups is 1. The number of hydrogen-bond acceptors (Lipinski definition) is 4. The Labute approximate surface area is 95.2 Å². The van der Waals surface area contributed by atoms with E-state index < -0.39 is 21.7 Å². The van der Waals surface area contributed by atoms with Crippen LogP contribution in [0.1, 0.15) is 6.92 Å². The van der Waals surface area contributed by atoms with Gasteiger partial charge in [0.2, 0.25) is 0 Å². The Bertz CT molecular complexity index is 450. The fourth-order valence-corrected chi connectivity index (χ4v) is 2.88. The third-order valence-electron chi connectivity index (χ3n) is 2.18. The minimum Gasteiger partial charge on any atom is -0.469 e. The number of methoxy groups -OCH3 is 1. The Kier molecular flexibility index (Phi) is 4.06. The van der Waals surface area contributed by atoms with Crippen molar-refractivity contribution in [3.05, 3.63) is 30.3 Å². The van der Waals surface area contributed by atoms with Crippen LogP contribution in [0.2, 0.25) is 0 Å². The second-order valence-corrected chi connectivity index (χ2v) is 5.55. The van der Waals surface area contributed by atoms with Crippen molar-refractivity contribution in [2.75, 3.05) is 12.9 Å². The van der Waals surface area contributed by atoms with Gasteiger partial charge in [0.05, 0.1) is 23.7 Å². The summed E-state index contributed by atoms with van der Waals surface area (Å²) in [5.41, 5.74) is 0. The lowest BCUT2D eigenvalue weighted by molar-refractivity contribution is -0.144. The molecule has 0 aliphatic rings. The Morgan fingerprint density at radius 1 is 1.31 bits per heavy atom. The lowest BCUT2D eigenvalue weighted by Gasteiger charge is -2.09. The van der Waals surface area contributed by atoms with Gasteiger partial charge in [0.15, 0.2) is 9.84 Å². The second-order valence-electron chi connectivity index (χ2n) is 3.52. The number of hydrogen-bond donors (Lipinski definition) is 0. The van der Waals surface area contributed by atoms with Gasteiger partial charge in [-0.25, -0.2) is 8.42 Å². The van der Waals surface area contributed by atoms with Crippen LogP contribution in [0.5, 0.6) is 0 Å². The topological polar surface area (TPSA) is 60.4 Å². The number of carbonyl (C=O) groups excluding carboxylic acids is 1. The van der Waals surface area contributed by atoms with E-state index in [9.17, 15) is 13.2 Å². The molecule has 0 aliphatic heterocycles. The number of esters is 1. The van der Waals surface area contributed by atoms with Crippen molar-refractivity contribution in [1.82, 2.24) is 0 Å². The maximum Gasteiger partial charge on any atom is 0.309 e. The van der Waals surface area contributed by atoms with Gasteiger partial charge in [0.1, 0.15) is 0 Å². The average Bonchev–Trinajstić information content (AvgIpc) is 2.28. The molecule has 0 saturated heterocycles. The van der Waals surface area contributed by atoms with E-state index in [1.54, 1.807) is 18.2 Å². The summed E-state index contributed by atoms with van der Waals surface area (Å²) >= 11 is 0. The summed E-state index contributed by atoms with van der Waals surface area (Å²) in [6.07, 6.45) is 0. The SMILES string of the molecule is COC(=O)[C@@H](C)CS(=O)(=O)c1ccccc1. The van der Waals surface area contributed by atoms with Crippen molar-refractivity contribution in [1.29, 1.82) is 0 Å². The minimum absolute atomic E-state index is 0.228. The highest BCUT2D eigenvalue weighted by Gasteiger charge is 2.23. The first-order chi connectivity index (χ1) is 7.47. The van der Waals surface area contributed by atoms with Crippen LogP contribution in [0.15, 0.2) is 35.2 Å². The van der Waals surface area contributed by atoms with E-state index in [0.717, 1.165) is 0 Å². The molecule has 0 aliphatic carbocycles. The molecule has 0 unspecified atom stereocenters. The normalized spacial score (nSPS) is 13.1. The fourth-order valence-electron chi connectivity index (χ4n) is 1.32. The molecule has 0 bridgehead atoms. The van der Waals surface area contributed by atoms with Crippen LogP contribution in [0.4, 0.5) is 0 Å². The van der Waals surface area contributed by atoms with Gasteiger partial charge in [0.25, 0.3) is 0 Å². The number of benzene rings is 1. The van der Waals surface area contributed by atoms with Crippen molar-refractivity contribution in [3.63, 3.8) is 0 Å². The quantitative estimate of drug-likeness (QED) is 0.746. The molecule has 0 radical (unpaired) electrons. The standard InChI is InChI=1S/C11H14O4S/c1-9(11(12)15-2)8-16(13,14)10-6-4-3-5-7-10/h3-7,9H,8H2,1-2H3/t9-/m0/s1. The van der Waals surface area contributed by atoms with E-state index in [2.05, 4.69) is 4.74 Å². The summed E-state index contributed by atoms with van der Waals surface area (Å²) in [4.78, 5) is 11.4. The Morgan fingerprint density at radius 3 is 2.38 bits per heavy atom. The Hall–Kier alpha value is -1.36. The molecule has 5 heteroatoms. The summed E-state index contributed by atoms with van der Waals surface area (Å²) in [5, 5.41) is 0. The molecule has 1 aromatic carbocycles.